The predicted molar refractivity (Wildman–Crippen MR) is 59.9 cm³/mol. The molecule has 0 aliphatic carbocycles. The topological polar surface area (TPSA) is 54.0 Å². The number of carbonyl (C=O) groups excluding carboxylic acids is 1. The monoisotopic (exact) mass is 207 g/mol. The van der Waals surface area contributed by atoms with Crippen molar-refractivity contribution >= 4 is 5.91 Å². The molecule has 1 heterocycles. The quantitative estimate of drug-likeness (QED) is 0.700. The summed E-state index contributed by atoms with van der Waals surface area (Å²) in [5.41, 5.74) is 1.53. The Kier molecular flexibility index (Phi) is 4.77. The van der Waals surface area contributed by atoms with Gasteiger partial charge in [0.2, 0.25) is 0 Å². The van der Waals surface area contributed by atoms with Gasteiger partial charge in [-0.15, -0.1) is 0 Å². The van der Waals surface area contributed by atoms with E-state index in [0.717, 1.165) is 18.7 Å². The zero-order valence-electron chi connectivity index (χ0n) is 9.21. The third-order valence-electron chi connectivity index (χ3n) is 2.05. The number of aryl methyl sites for hydroxylation is 1. The van der Waals surface area contributed by atoms with E-state index in [0.29, 0.717) is 12.1 Å². The number of amides is 1. The summed E-state index contributed by atoms with van der Waals surface area (Å²) in [4.78, 5) is 15.6. The summed E-state index contributed by atoms with van der Waals surface area (Å²) >= 11 is 0. The number of hydrogen-bond acceptors (Lipinski definition) is 3. The van der Waals surface area contributed by atoms with Crippen LogP contribution in [0.15, 0.2) is 18.3 Å². The molecule has 1 amide bonds. The van der Waals surface area contributed by atoms with Crippen LogP contribution in [-0.4, -0.2) is 31.0 Å². The maximum atomic E-state index is 11.6. The van der Waals surface area contributed by atoms with Gasteiger partial charge in [-0.25, -0.2) is 0 Å². The number of rotatable bonds is 5. The van der Waals surface area contributed by atoms with Crippen molar-refractivity contribution in [3.05, 3.63) is 29.6 Å². The maximum Gasteiger partial charge on any atom is 0.251 e. The van der Waals surface area contributed by atoms with Crippen LogP contribution in [0.2, 0.25) is 0 Å². The fourth-order valence-electron chi connectivity index (χ4n) is 1.26. The lowest BCUT2D eigenvalue weighted by molar-refractivity contribution is 0.0953. The average molecular weight is 207 g/mol. The second-order valence-electron chi connectivity index (χ2n) is 3.40. The van der Waals surface area contributed by atoms with Crippen LogP contribution in [0, 0.1) is 6.92 Å². The molecule has 0 atom stereocenters. The van der Waals surface area contributed by atoms with E-state index < -0.39 is 0 Å². The third-order valence-corrected chi connectivity index (χ3v) is 2.05. The molecule has 0 aliphatic rings. The van der Waals surface area contributed by atoms with Gasteiger partial charge >= 0.3 is 0 Å². The molecule has 0 unspecified atom stereocenters. The second kappa shape index (κ2) is 6.14. The Morgan fingerprint density at radius 1 is 1.47 bits per heavy atom. The van der Waals surface area contributed by atoms with Crippen molar-refractivity contribution in [1.82, 2.24) is 15.6 Å². The number of aromatic nitrogens is 1. The van der Waals surface area contributed by atoms with Crippen molar-refractivity contribution in [2.45, 2.75) is 13.3 Å². The normalized spacial score (nSPS) is 10.0. The van der Waals surface area contributed by atoms with Crippen molar-refractivity contribution in [2.24, 2.45) is 0 Å². The highest BCUT2D eigenvalue weighted by molar-refractivity contribution is 5.94. The Balaban J connectivity index is 2.40. The summed E-state index contributed by atoms with van der Waals surface area (Å²) in [5, 5.41) is 5.88. The maximum absolute atomic E-state index is 11.6. The molecule has 2 N–H and O–H groups in total. The van der Waals surface area contributed by atoms with Crippen LogP contribution in [0.4, 0.5) is 0 Å². The first-order valence-electron chi connectivity index (χ1n) is 5.09. The Hall–Kier alpha value is -1.42. The Bertz CT molecular complexity index is 325. The van der Waals surface area contributed by atoms with Crippen molar-refractivity contribution in [2.75, 3.05) is 20.1 Å². The molecule has 0 aliphatic heterocycles. The first-order valence-corrected chi connectivity index (χ1v) is 5.09. The highest BCUT2D eigenvalue weighted by Gasteiger charge is 2.03. The summed E-state index contributed by atoms with van der Waals surface area (Å²) in [6.45, 7) is 3.48. The minimum atomic E-state index is -0.0309. The average Bonchev–Trinajstić information content (AvgIpc) is 2.24. The molecule has 4 nitrogen and oxygen atoms in total. The SMILES string of the molecule is CNCCCNC(=O)c1ccnc(C)c1. The van der Waals surface area contributed by atoms with E-state index in [9.17, 15) is 4.79 Å². The van der Waals surface area contributed by atoms with E-state index in [1.54, 1.807) is 18.3 Å². The standard InChI is InChI=1S/C11H17N3O/c1-9-8-10(4-7-13-9)11(15)14-6-3-5-12-2/h4,7-8,12H,3,5-6H2,1-2H3,(H,14,15). The zero-order valence-corrected chi connectivity index (χ0v) is 9.21. The zero-order chi connectivity index (χ0) is 11.1. The van der Waals surface area contributed by atoms with Crippen LogP contribution in [-0.2, 0) is 0 Å². The first-order chi connectivity index (χ1) is 7.24. The molecule has 1 aromatic rings. The molecule has 0 radical (unpaired) electrons. The molecule has 0 spiro atoms. The van der Waals surface area contributed by atoms with Gasteiger partial charge < -0.3 is 10.6 Å². The summed E-state index contributed by atoms with van der Waals surface area (Å²) in [6.07, 6.45) is 2.59. The van der Waals surface area contributed by atoms with Crippen LogP contribution >= 0.6 is 0 Å². The summed E-state index contributed by atoms with van der Waals surface area (Å²) in [6, 6.07) is 3.51. The highest BCUT2D eigenvalue weighted by atomic mass is 16.1. The Labute approximate surface area is 90.1 Å². The minimum absolute atomic E-state index is 0.0309. The lowest BCUT2D eigenvalue weighted by Crippen LogP contribution is -2.26. The van der Waals surface area contributed by atoms with Crippen molar-refractivity contribution in [1.29, 1.82) is 0 Å². The van der Waals surface area contributed by atoms with Gasteiger partial charge in [-0.05, 0) is 39.1 Å². The molecular formula is C11H17N3O. The number of pyridine rings is 1. The second-order valence-corrected chi connectivity index (χ2v) is 3.40. The number of carbonyl (C=O) groups is 1. The van der Waals surface area contributed by atoms with E-state index in [1.807, 2.05) is 14.0 Å². The van der Waals surface area contributed by atoms with Gasteiger partial charge in [0, 0.05) is 24.0 Å². The first kappa shape index (κ1) is 11.7. The summed E-state index contributed by atoms with van der Waals surface area (Å²) < 4.78 is 0. The molecule has 1 aromatic heterocycles. The van der Waals surface area contributed by atoms with E-state index >= 15 is 0 Å². The van der Waals surface area contributed by atoms with Gasteiger partial charge in [-0.3, -0.25) is 9.78 Å². The molecule has 0 bridgehead atoms. The van der Waals surface area contributed by atoms with Crippen LogP contribution < -0.4 is 10.6 Å². The molecule has 0 saturated carbocycles. The molecule has 15 heavy (non-hydrogen) atoms. The predicted octanol–water partition coefficient (Wildman–Crippen LogP) is 0.729. The van der Waals surface area contributed by atoms with Crippen molar-refractivity contribution < 1.29 is 4.79 Å². The molecular weight excluding hydrogens is 190 g/mol. The molecule has 82 valence electrons. The molecule has 4 heteroatoms. The lowest BCUT2D eigenvalue weighted by Gasteiger charge is -2.05. The highest BCUT2D eigenvalue weighted by Crippen LogP contribution is 1.99. The van der Waals surface area contributed by atoms with Gasteiger partial charge in [0.15, 0.2) is 0 Å². The largest absolute Gasteiger partial charge is 0.352 e. The van der Waals surface area contributed by atoms with Crippen molar-refractivity contribution in [3.8, 4) is 0 Å². The smallest absolute Gasteiger partial charge is 0.251 e. The van der Waals surface area contributed by atoms with Gasteiger partial charge in [-0.2, -0.15) is 0 Å². The molecule has 0 aromatic carbocycles. The van der Waals surface area contributed by atoms with Gasteiger partial charge in [0.1, 0.15) is 0 Å². The van der Waals surface area contributed by atoms with Gasteiger partial charge in [-0.1, -0.05) is 0 Å². The van der Waals surface area contributed by atoms with Crippen LogP contribution in [0.5, 0.6) is 0 Å². The van der Waals surface area contributed by atoms with Gasteiger partial charge in [0.25, 0.3) is 5.91 Å². The fraction of sp³-hybridized carbons (Fsp3) is 0.455. The summed E-state index contributed by atoms with van der Waals surface area (Å²) in [7, 11) is 1.90. The van der Waals surface area contributed by atoms with Crippen LogP contribution in [0.3, 0.4) is 0 Å². The van der Waals surface area contributed by atoms with E-state index in [2.05, 4.69) is 15.6 Å². The molecule has 1 rings (SSSR count). The fourth-order valence-corrected chi connectivity index (χ4v) is 1.26. The molecule has 0 fully saturated rings. The summed E-state index contributed by atoms with van der Waals surface area (Å²) in [5.74, 6) is -0.0309. The van der Waals surface area contributed by atoms with E-state index in [4.69, 9.17) is 0 Å². The Morgan fingerprint density at radius 2 is 2.27 bits per heavy atom. The van der Waals surface area contributed by atoms with Crippen molar-refractivity contribution in [3.63, 3.8) is 0 Å². The molecule has 0 saturated heterocycles. The van der Waals surface area contributed by atoms with Crippen LogP contribution in [0.25, 0.3) is 0 Å². The number of nitrogens with zero attached hydrogens (tertiary/aromatic N) is 1. The van der Waals surface area contributed by atoms with Gasteiger partial charge in [0.05, 0.1) is 0 Å². The number of hydrogen-bond donors (Lipinski definition) is 2. The van der Waals surface area contributed by atoms with E-state index in [1.165, 1.54) is 0 Å². The lowest BCUT2D eigenvalue weighted by atomic mass is 10.2. The number of nitrogens with one attached hydrogen (secondary N) is 2. The van der Waals surface area contributed by atoms with Crippen LogP contribution in [0.1, 0.15) is 22.5 Å². The third kappa shape index (κ3) is 4.08. The van der Waals surface area contributed by atoms with E-state index in [-0.39, 0.29) is 5.91 Å². The minimum Gasteiger partial charge on any atom is -0.352 e. The Morgan fingerprint density at radius 3 is 2.93 bits per heavy atom.